The predicted octanol–water partition coefficient (Wildman–Crippen LogP) is 1.82. The fourth-order valence-electron chi connectivity index (χ4n) is 1.52. The molecule has 0 atom stereocenters. The summed E-state index contributed by atoms with van der Waals surface area (Å²) in [6.07, 6.45) is 0. The normalized spacial score (nSPS) is 10.2. The first-order valence-corrected chi connectivity index (χ1v) is 5.48. The summed E-state index contributed by atoms with van der Waals surface area (Å²) in [4.78, 5) is 13.8. The van der Waals surface area contributed by atoms with Crippen LogP contribution < -0.4 is 16.2 Å². The molecule has 1 heterocycles. The highest BCUT2D eigenvalue weighted by atomic mass is 16.6. The van der Waals surface area contributed by atoms with Gasteiger partial charge in [-0.3, -0.25) is 10.1 Å². The van der Waals surface area contributed by atoms with E-state index in [1.54, 1.807) is 18.2 Å². The van der Waals surface area contributed by atoms with Crippen molar-refractivity contribution >= 4 is 11.5 Å². The van der Waals surface area contributed by atoms with Crippen LogP contribution in [0.15, 0.2) is 36.4 Å². The van der Waals surface area contributed by atoms with Gasteiger partial charge in [-0.25, -0.2) is 0 Å². The van der Waals surface area contributed by atoms with Crippen LogP contribution in [0.3, 0.4) is 0 Å². The second-order valence-corrected chi connectivity index (χ2v) is 3.76. The molecule has 0 aliphatic carbocycles. The van der Waals surface area contributed by atoms with Crippen LogP contribution in [0.1, 0.15) is 5.56 Å². The molecule has 0 bridgehead atoms. The Kier molecular flexibility index (Phi) is 3.58. The van der Waals surface area contributed by atoms with Gasteiger partial charge < -0.3 is 16.2 Å². The maximum atomic E-state index is 10.6. The van der Waals surface area contributed by atoms with Gasteiger partial charge in [-0.15, -0.1) is 0 Å². The first kappa shape index (κ1) is 12.8. The Balaban J connectivity index is 2.23. The average molecular weight is 260 g/mol. The number of aromatic nitrogens is 1. The lowest BCUT2D eigenvalue weighted by molar-refractivity contribution is -0.384. The fourth-order valence-corrected chi connectivity index (χ4v) is 1.52. The number of nitrogen functional groups attached to an aromatic ring is 1. The molecule has 0 saturated heterocycles. The molecule has 0 aliphatic rings. The third-order valence-electron chi connectivity index (χ3n) is 2.43. The van der Waals surface area contributed by atoms with Gasteiger partial charge in [0.05, 0.1) is 4.92 Å². The zero-order valence-corrected chi connectivity index (χ0v) is 9.95. The summed E-state index contributed by atoms with van der Waals surface area (Å²) in [6, 6.07) is 9.81. The van der Waals surface area contributed by atoms with Crippen molar-refractivity contribution in [3.05, 3.63) is 52.1 Å². The Morgan fingerprint density at radius 1 is 1.32 bits per heavy atom. The van der Waals surface area contributed by atoms with Gasteiger partial charge in [0.1, 0.15) is 5.75 Å². The number of nitrogens with zero attached hydrogens (tertiary/aromatic N) is 2. The number of ether oxygens (including phenoxy) is 1. The van der Waals surface area contributed by atoms with Crippen LogP contribution in [0, 0.1) is 10.1 Å². The van der Waals surface area contributed by atoms with E-state index in [1.165, 1.54) is 12.1 Å². The van der Waals surface area contributed by atoms with Crippen molar-refractivity contribution in [2.75, 3.05) is 5.73 Å². The fraction of sp³-hybridized carbons (Fsp3) is 0.0833. The van der Waals surface area contributed by atoms with Gasteiger partial charge in [-0.05, 0) is 17.7 Å². The highest BCUT2D eigenvalue weighted by molar-refractivity contribution is 5.53. The number of hydrogen-bond donors (Lipinski definition) is 2. The smallest absolute Gasteiger partial charge is 0.311 e. The van der Waals surface area contributed by atoms with Gasteiger partial charge in [0.15, 0.2) is 0 Å². The van der Waals surface area contributed by atoms with Gasteiger partial charge in [-0.1, -0.05) is 12.1 Å². The van der Waals surface area contributed by atoms with E-state index in [1.807, 2.05) is 6.07 Å². The van der Waals surface area contributed by atoms with Gasteiger partial charge in [-0.2, -0.15) is 4.98 Å². The van der Waals surface area contributed by atoms with Crippen molar-refractivity contribution in [3.8, 4) is 11.6 Å². The Morgan fingerprint density at radius 2 is 2.11 bits per heavy atom. The highest BCUT2D eigenvalue weighted by Gasteiger charge is 2.13. The summed E-state index contributed by atoms with van der Waals surface area (Å²) in [7, 11) is 0. The van der Waals surface area contributed by atoms with Crippen LogP contribution in [0.25, 0.3) is 0 Å². The predicted molar refractivity (Wildman–Crippen MR) is 69.7 cm³/mol. The van der Waals surface area contributed by atoms with Crippen molar-refractivity contribution in [1.82, 2.24) is 4.98 Å². The van der Waals surface area contributed by atoms with E-state index in [9.17, 15) is 10.1 Å². The third-order valence-corrected chi connectivity index (χ3v) is 2.43. The minimum absolute atomic E-state index is 0.183. The van der Waals surface area contributed by atoms with E-state index in [-0.39, 0.29) is 17.4 Å². The van der Waals surface area contributed by atoms with Gasteiger partial charge in [0.25, 0.3) is 0 Å². The molecule has 2 aromatic rings. The van der Waals surface area contributed by atoms with Crippen LogP contribution in [0.5, 0.6) is 11.6 Å². The van der Waals surface area contributed by atoms with E-state index < -0.39 is 4.92 Å². The van der Waals surface area contributed by atoms with Crippen molar-refractivity contribution in [1.29, 1.82) is 0 Å². The summed E-state index contributed by atoms with van der Waals surface area (Å²) >= 11 is 0. The van der Waals surface area contributed by atoms with Crippen molar-refractivity contribution in [3.63, 3.8) is 0 Å². The monoisotopic (exact) mass is 260 g/mol. The largest absolute Gasteiger partial charge is 0.439 e. The van der Waals surface area contributed by atoms with E-state index in [4.69, 9.17) is 16.2 Å². The summed E-state index contributed by atoms with van der Waals surface area (Å²) in [5.41, 5.74) is 11.7. The quantitative estimate of drug-likeness (QED) is 0.639. The number of hydrogen-bond acceptors (Lipinski definition) is 6. The molecule has 2 rings (SSSR count). The molecule has 1 aromatic carbocycles. The molecule has 0 fully saturated rings. The van der Waals surface area contributed by atoms with Crippen LogP contribution in [0.4, 0.5) is 11.5 Å². The maximum absolute atomic E-state index is 10.6. The molecular formula is C12H12N4O3. The standard InChI is InChI=1S/C12H12N4O3/c13-7-8-2-1-3-9(6-8)19-11-5-4-10(16(17)18)12(14)15-11/h1-6H,7,13H2,(H2,14,15). The van der Waals surface area contributed by atoms with Crippen molar-refractivity contribution in [2.45, 2.75) is 6.54 Å². The summed E-state index contributed by atoms with van der Waals surface area (Å²) in [5, 5.41) is 10.6. The Bertz CT molecular complexity index is 616. The summed E-state index contributed by atoms with van der Waals surface area (Å²) in [5.74, 6) is 0.554. The second-order valence-electron chi connectivity index (χ2n) is 3.76. The minimum atomic E-state index is -0.596. The van der Waals surface area contributed by atoms with E-state index in [0.717, 1.165) is 5.56 Å². The number of nitrogens with two attached hydrogens (primary N) is 2. The maximum Gasteiger partial charge on any atom is 0.311 e. The number of rotatable bonds is 4. The summed E-state index contributed by atoms with van der Waals surface area (Å²) in [6.45, 7) is 0.396. The molecule has 0 amide bonds. The Labute approximate surface area is 109 Å². The number of anilines is 1. The lowest BCUT2D eigenvalue weighted by Gasteiger charge is -2.06. The van der Waals surface area contributed by atoms with E-state index in [2.05, 4.69) is 4.98 Å². The summed E-state index contributed by atoms with van der Waals surface area (Å²) < 4.78 is 5.47. The molecule has 0 radical (unpaired) electrons. The van der Waals surface area contributed by atoms with Crippen LogP contribution in [-0.2, 0) is 6.54 Å². The topological polar surface area (TPSA) is 117 Å². The third kappa shape index (κ3) is 2.96. The zero-order valence-electron chi connectivity index (χ0n) is 9.95. The molecule has 4 N–H and O–H groups in total. The first-order valence-electron chi connectivity index (χ1n) is 5.48. The average Bonchev–Trinajstić information content (AvgIpc) is 2.38. The first-order chi connectivity index (χ1) is 9.10. The molecule has 19 heavy (non-hydrogen) atoms. The lowest BCUT2D eigenvalue weighted by Crippen LogP contribution is -2.00. The van der Waals surface area contributed by atoms with Crippen LogP contribution in [0.2, 0.25) is 0 Å². The molecule has 0 unspecified atom stereocenters. The highest BCUT2D eigenvalue weighted by Crippen LogP contribution is 2.25. The molecule has 7 heteroatoms. The van der Waals surface area contributed by atoms with E-state index >= 15 is 0 Å². The molecule has 1 aromatic heterocycles. The second kappa shape index (κ2) is 5.32. The van der Waals surface area contributed by atoms with Crippen LogP contribution in [-0.4, -0.2) is 9.91 Å². The van der Waals surface area contributed by atoms with Crippen molar-refractivity contribution < 1.29 is 9.66 Å². The van der Waals surface area contributed by atoms with Crippen molar-refractivity contribution in [2.24, 2.45) is 5.73 Å². The van der Waals surface area contributed by atoms with Crippen LogP contribution >= 0.6 is 0 Å². The molecule has 0 spiro atoms. The number of nitro groups is 1. The van der Waals surface area contributed by atoms with Gasteiger partial charge in [0, 0.05) is 18.7 Å². The molecule has 0 aliphatic heterocycles. The van der Waals surface area contributed by atoms with Gasteiger partial charge >= 0.3 is 5.69 Å². The van der Waals surface area contributed by atoms with E-state index in [0.29, 0.717) is 12.3 Å². The lowest BCUT2D eigenvalue weighted by atomic mass is 10.2. The number of pyridine rings is 1. The minimum Gasteiger partial charge on any atom is -0.439 e. The molecule has 98 valence electrons. The Hall–Kier alpha value is -2.67. The Morgan fingerprint density at radius 3 is 2.74 bits per heavy atom. The zero-order chi connectivity index (χ0) is 13.8. The number of benzene rings is 1. The SMILES string of the molecule is NCc1cccc(Oc2ccc([N+](=O)[O-])c(N)n2)c1. The van der Waals surface area contributed by atoms with Gasteiger partial charge in [0.2, 0.25) is 11.7 Å². The molecule has 0 saturated carbocycles. The molecular weight excluding hydrogens is 248 g/mol. The molecule has 7 nitrogen and oxygen atoms in total.